The third kappa shape index (κ3) is 4.24. The molecule has 31 heavy (non-hydrogen) atoms. The first-order valence-corrected chi connectivity index (χ1v) is 11.9. The zero-order valence-electron chi connectivity index (χ0n) is 18.1. The van der Waals surface area contributed by atoms with Gasteiger partial charge in [-0.3, -0.25) is 9.48 Å². The molecule has 7 heteroatoms. The Kier molecular flexibility index (Phi) is 5.78. The quantitative estimate of drug-likeness (QED) is 0.710. The molecule has 3 aliphatic rings. The van der Waals surface area contributed by atoms with Crippen LogP contribution in [0.3, 0.4) is 0 Å². The van der Waals surface area contributed by atoms with E-state index in [1.54, 1.807) is 12.1 Å². The average Bonchev–Trinajstić information content (AvgIpc) is 3.34. The van der Waals surface area contributed by atoms with Gasteiger partial charge >= 0.3 is 0 Å². The largest absolute Gasteiger partial charge is 0.336 e. The van der Waals surface area contributed by atoms with Crippen molar-refractivity contribution in [3.63, 3.8) is 0 Å². The molecule has 0 saturated carbocycles. The maximum Gasteiger partial charge on any atom is 0.223 e. The average molecular weight is 445 g/mol. The summed E-state index contributed by atoms with van der Waals surface area (Å²) in [4.78, 5) is 17.7. The number of piperidine rings is 1. The summed E-state index contributed by atoms with van der Waals surface area (Å²) >= 11 is 5.89. The predicted molar refractivity (Wildman–Crippen MR) is 119 cm³/mol. The number of rotatable bonds is 4. The fourth-order valence-electron chi connectivity index (χ4n) is 5.70. The Bertz CT molecular complexity index is 990. The van der Waals surface area contributed by atoms with Crippen LogP contribution in [0.2, 0.25) is 5.02 Å². The van der Waals surface area contributed by atoms with Crippen molar-refractivity contribution in [3.05, 3.63) is 51.6 Å². The molecule has 0 radical (unpaired) electrons. The molecule has 2 fully saturated rings. The Hall–Kier alpha value is -1.92. The van der Waals surface area contributed by atoms with Gasteiger partial charge in [-0.2, -0.15) is 5.10 Å². The molecular formula is C24H30ClFN4O. The fourth-order valence-corrected chi connectivity index (χ4v) is 5.86. The van der Waals surface area contributed by atoms with Gasteiger partial charge in [0.25, 0.3) is 0 Å². The number of fused-ring (bicyclic) bond motifs is 2. The second-order valence-electron chi connectivity index (χ2n) is 9.40. The molecule has 1 aromatic heterocycles. The van der Waals surface area contributed by atoms with E-state index in [4.69, 9.17) is 11.6 Å². The van der Waals surface area contributed by atoms with Gasteiger partial charge in [-0.1, -0.05) is 17.7 Å². The number of benzene rings is 1. The summed E-state index contributed by atoms with van der Waals surface area (Å²) in [7, 11) is 0. The number of aryl methyl sites for hydroxylation is 1. The number of nitrogens with zero attached hydrogens (tertiary/aromatic N) is 4. The highest BCUT2D eigenvalue weighted by molar-refractivity contribution is 6.30. The third-order valence-corrected chi connectivity index (χ3v) is 7.66. The van der Waals surface area contributed by atoms with Crippen LogP contribution in [0, 0.1) is 18.7 Å². The van der Waals surface area contributed by atoms with Gasteiger partial charge in [0.1, 0.15) is 5.82 Å². The SMILES string of the molecule is Cc1nn(Cc2ccc(Cl)cc2F)c2c1CCN(C(=O)CC1CCN3CCCC3C1)C2. The maximum atomic E-state index is 14.3. The van der Waals surface area contributed by atoms with Crippen molar-refractivity contribution >= 4 is 17.5 Å². The van der Waals surface area contributed by atoms with Crippen molar-refractivity contribution in [1.29, 1.82) is 0 Å². The van der Waals surface area contributed by atoms with E-state index in [0.717, 1.165) is 43.7 Å². The minimum atomic E-state index is -0.323. The highest BCUT2D eigenvalue weighted by atomic mass is 35.5. The fraction of sp³-hybridized carbons (Fsp3) is 0.583. The van der Waals surface area contributed by atoms with E-state index in [1.807, 2.05) is 16.5 Å². The molecule has 4 heterocycles. The maximum absolute atomic E-state index is 14.3. The monoisotopic (exact) mass is 444 g/mol. The van der Waals surface area contributed by atoms with Gasteiger partial charge < -0.3 is 9.80 Å². The van der Waals surface area contributed by atoms with Gasteiger partial charge in [0.2, 0.25) is 5.91 Å². The number of carbonyl (C=O) groups excluding carboxylic acids is 1. The van der Waals surface area contributed by atoms with Crippen LogP contribution in [-0.4, -0.2) is 51.2 Å². The van der Waals surface area contributed by atoms with Gasteiger partial charge in [0, 0.05) is 29.6 Å². The number of aromatic nitrogens is 2. The standard InChI is InChI=1S/C24H30ClFN4O/c1-16-21-7-10-29(24(31)12-17-6-9-28-8-2-3-20(28)11-17)15-23(21)30(27-16)14-18-4-5-19(25)13-22(18)26/h4-5,13,17,20H,2-3,6-12,14-15H2,1H3. The first-order chi connectivity index (χ1) is 15.0. The Balaban J connectivity index is 1.27. The molecule has 0 N–H and O–H groups in total. The van der Waals surface area contributed by atoms with Gasteiger partial charge in [-0.15, -0.1) is 0 Å². The summed E-state index contributed by atoms with van der Waals surface area (Å²) in [6.07, 6.45) is 6.36. The first-order valence-electron chi connectivity index (χ1n) is 11.5. The van der Waals surface area contributed by atoms with E-state index in [0.29, 0.717) is 42.1 Å². The van der Waals surface area contributed by atoms with E-state index in [9.17, 15) is 9.18 Å². The van der Waals surface area contributed by atoms with Crippen molar-refractivity contribution < 1.29 is 9.18 Å². The van der Waals surface area contributed by atoms with Gasteiger partial charge in [0.15, 0.2) is 0 Å². The zero-order valence-corrected chi connectivity index (χ0v) is 18.9. The molecule has 1 aromatic carbocycles. The molecule has 5 nitrogen and oxygen atoms in total. The van der Waals surface area contributed by atoms with Gasteiger partial charge in [0.05, 0.1) is 24.5 Å². The number of carbonyl (C=O) groups is 1. The molecule has 2 saturated heterocycles. The second kappa shape index (κ2) is 8.55. The number of halogens is 2. The lowest BCUT2D eigenvalue weighted by Crippen LogP contribution is -2.41. The van der Waals surface area contributed by atoms with Crippen molar-refractivity contribution in [3.8, 4) is 0 Å². The Morgan fingerprint density at radius 1 is 1.26 bits per heavy atom. The zero-order chi connectivity index (χ0) is 21.5. The molecular weight excluding hydrogens is 415 g/mol. The summed E-state index contributed by atoms with van der Waals surface area (Å²) < 4.78 is 16.2. The molecule has 0 bridgehead atoms. The van der Waals surface area contributed by atoms with Crippen molar-refractivity contribution in [2.75, 3.05) is 19.6 Å². The molecule has 166 valence electrons. The molecule has 2 aromatic rings. The first kappa shape index (κ1) is 21.0. The molecule has 0 aliphatic carbocycles. The lowest BCUT2D eigenvalue weighted by atomic mass is 9.88. The summed E-state index contributed by atoms with van der Waals surface area (Å²) in [5.41, 5.74) is 3.78. The Morgan fingerprint density at radius 2 is 2.13 bits per heavy atom. The molecule has 2 unspecified atom stereocenters. The van der Waals surface area contributed by atoms with Crippen LogP contribution in [0.1, 0.15) is 54.6 Å². The normalized spacial score (nSPS) is 23.6. The Labute approximate surface area is 188 Å². The van der Waals surface area contributed by atoms with Crippen molar-refractivity contribution in [1.82, 2.24) is 19.6 Å². The van der Waals surface area contributed by atoms with Crippen LogP contribution < -0.4 is 0 Å². The minimum Gasteiger partial charge on any atom is -0.336 e. The number of hydrogen-bond acceptors (Lipinski definition) is 3. The van der Waals surface area contributed by atoms with E-state index in [2.05, 4.69) is 10.00 Å². The topological polar surface area (TPSA) is 41.4 Å². The number of hydrogen-bond donors (Lipinski definition) is 0. The molecule has 1 amide bonds. The van der Waals surface area contributed by atoms with E-state index < -0.39 is 0 Å². The van der Waals surface area contributed by atoms with Crippen LogP contribution in [0.25, 0.3) is 0 Å². The van der Waals surface area contributed by atoms with E-state index >= 15 is 0 Å². The summed E-state index contributed by atoms with van der Waals surface area (Å²) in [5, 5.41) is 5.06. The lowest BCUT2D eigenvalue weighted by Gasteiger charge is -2.36. The predicted octanol–water partition coefficient (Wildman–Crippen LogP) is 4.18. The van der Waals surface area contributed by atoms with Crippen molar-refractivity contribution in [2.45, 2.75) is 64.6 Å². The number of amides is 1. The van der Waals surface area contributed by atoms with Gasteiger partial charge in [-0.25, -0.2) is 4.39 Å². The highest BCUT2D eigenvalue weighted by Crippen LogP contribution is 2.33. The Morgan fingerprint density at radius 3 is 2.97 bits per heavy atom. The summed E-state index contributed by atoms with van der Waals surface area (Å²) in [5.74, 6) is 0.435. The van der Waals surface area contributed by atoms with Crippen LogP contribution >= 0.6 is 11.6 Å². The van der Waals surface area contributed by atoms with Crippen LogP contribution in [0.15, 0.2) is 18.2 Å². The van der Waals surface area contributed by atoms with E-state index in [-0.39, 0.29) is 11.7 Å². The summed E-state index contributed by atoms with van der Waals surface area (Å²) in [6.45, 7) is 6.04. The third-order valence-electron chi connectivity index (χ3n) is 7.42. The smallest absolute Gasteiger partial charge is 0.223 e. The van der Waals surface area contributed by atoms with Gasteiger partial charge in [-0.05, 0) is 75.7 Å². The van der Waals surface area contributed by atoms with Crippen LogP contribution in [0.5, 0.6) is 0 Å². The van der Waals surface area contributed by atoms with Crippen LogP contribution in [-0.2, 0) is 24.3 Å². The highest BCUT2D eigenvalue weighted by Gasteiger charge is 2.34. The summed E-state index contributed by atoms with van der Waals surface area (Å²) in [6, 6.07) is 5.44. The molecule has 3 aliphatic heterocycles. The molecule has 5 rings (SSSR count). The van der Waals surface area contributed by atoms with E-state index in [1.165, 1.54) is 31.0 Å². The molecule has 2 atom stereocenters. The van der Waals surface area contributed by atoms with Crippen LogP contribution in [0.4, 0.5) is 4.39 Å². The minimum absolute atomic E-state index is 0.255. The second-order valence-corrected chi connectivity index (χ2v) is 9.83. The van der Waals surface area contributed by atoms with Crippen molar-refractivity contribution in [2.24, 2.45) is 5.92 Å². The molecule has 0 spiro atoms. The lowest BCUT2D eigenvalue weighted by molar-refractivity contribution is -0.133.